The fourth-order valence-corrected chi connectivity index (χ4v) is 4.52. The van der Waals surface area contributed by atoms with E-state index >= 15 is 0 Å². The van der Waals surface area contributed by atoms with Gasteiger partial charge < -0.3 is 19.4 Å². The molecule has 1 N–H and O–H groups in total. The number of nitrogens with zero attached hydrogens (tertiary/aromatic N) is 5. The number of hydrogen-bond donors (Lipinski definition) is 1. The smallest absolute Gasteiger partial charge is 0.317 e. The van der Waals surface area contributed by atoms with E-state index in [0.717, 1.165) is 16.7 Å². The Morgan fingerprint density at radius 2 is 1.70 bits per heavy atom. The van der Waals surface area contributed by atoms with Crippen LogP contribution in [-0.4, -0.2) is 59.1 Å². The van der Waals surface area contributed by atoms with Crippen molar-refractivity contribution in [3.8, 4) is 11.5 Å². The minimum absolute atomic E-state index is 0.0349. The lowest BCUT2D eigenvalue weighted by Crippen LogP contribution is -2.37. The van der Waals surface area contributed by atoms with Gasteiger partial charge in [-0.05, 0) is 17.7 Å². The van der Waals surface area contributed by atoms with Gasteiger partial charge in [0.2, 0.25) is 5.95 Å². The molecule has 4 heterocycles. The minimum Gasteiger partial charge on any atom is -0.403 e. The lowest BCUT2D eigenvalue weighted by Gasteiger charge is -2.28. The lowest BCUT2D eigenvalue weighted by molar-refractivity contribution is -0.119. The van der Waals surface area contributed by atoms with Gasteiger partial charge in [0.25, 0.3) is 5.89 Å². The molecule has 2 aromatic carbocycles. The van der Waals surface area contributed by atoms with E-state index in [0.29, 0.717) is 43.4 Å². The molecule has 4 aromatic rings. The zero-order chi connectivity index (χ0) is 25.2. The SMILES string of the molecule is O=C1Cc2ccccc2C(c2ccccc2)=N[C@@H]1Nc1nnc(-c2ccc(F)nc2N2CCOCC2)o1. The van der Waals surface area contributed by atoms with Crippen LogP contribution in [0, 0.1) is 5.95 Å². The summed E-state index contributed by atoms with van der Waals surface area (Å²) in [6, 6.07) is 20.3. The van der Waals surface area contributed by atoms with E-state index in [-0.39, 0.29) is 24.1 Å². The number of aromatic nitrogens is 3. The van der Waals surface area contributed by atoms with E-state index in [1.807, 2.05) is 59.5 Å². The van der Waals surface area contributed by atoms with E-state index in [2.05, 4.69) is 20.5 Å². The Morgan fingerprint density at radius 3 is 2.54 bits per heavy atom. The topological polar surface area (TPSA) is 106 Å². The molecule has 0 amide bonds. The number of rotatable bonds is 5. The molecule has 0 bridgehead atoms. The van der Waals surface area contributed by atoms with Crippen molar-refractivity contribution in [2.75, 3.05) is 36.5 Å². The first-order valence-corrected chi connectivity index (χ1v) is 12.0. The number of Topliss-reactive ketones (excluding diaryl/α,β-unsaturated/α-hetero) is 1. The molecule has 0 aliphatic carbocycles. The van der Waals surface area contributed by atoms with Crippen molar-refractivity contribution in [3.63, 3.8) is 0 Å². The summed E-state index contributed by atoms with van der Waals surface area (Å²) in [5.41, 5.74) is 3.91. The summed E-state index contributed by atoms with van der Waals surface area (Å²) < 4.78 is 25.3. The van der Waals surface area contributed by atoms with E-state index in [1.165, 1.54) is 6.07 Å². The molecule has 2 aliphatic heterocycles. The van der Waals surface area contributed by atoms with Crippen molar-refractivity contribution in [2.24, 2.45) is 4.99 Å². The summed E-state index contributed by atoms with van der Waals surface area (Å²) in [7, 11) is 0. The number of pyridine rings is 1. The molecule has 1 fully saturated rings. The standard InChI is InChI=1S/C27H23FN6O3/c28-22-11-10-20(25(29-22)34-12-14-36-15-13-34)26-32-33-27(37-26)31-24-21(35)16-18-8-4-5-9-19(18)23(30-24)17-6-2-1-3-7-17/h1-11,24H,12-16H2,(H,31,33)/t24-/m1/s1. The predicted octanol–water partition coefficient (Wildman–Crippen LogP) is 3.51. The monoisotopic (exact) mass is 498 g/mol. The van der Waals surface area contributed by atoms with Gasteiger partial charge in [0.05, 0.1) is 24.5 Å². The van der Waals surface area contributed by atoms with Crippen molar-refractivity contribution < 1.29 is 18.3 Å². The maximum atomic E-state index is 14.0. The molecule has 37 heavy (non-hydrogen) atoms. The molecular formula is C27H23FN6O3. The number of nitrogens with one attached hydrogen (secondary N) is 1. The van der Waals surface area contributed by atoms with Crippen LogP contribution in [0.1, 0.15) is 16.7 Å². The second-order valence-corrected chi connectivity index (χ2v) is 8.71. The number of carbonyl (C=O) groups is 1. The highest BCUT2D eigenvalue weighted by molar-refractivity contribution is 6.16. The van der Waals surface area contributed by atoms with E-state index in [4.69, 9.17) is 14.1 Å². The number of benzene rings is 2. The van der Waals surface area contributed by atoms with Crippen LogP contribution >= 0.6 is 0 Å². The highest BCUT2D eigenvalue weighted by atomic mass is 19.1. The number of ketones is 1. The molecule has 6 rings (SSSR count). The van der Waals surface area contributed by atoms with Gasteiger partial charge in [0, 0.05) is 30.6 Å². The van der Waals surface area contributed by atoms with Crippen LogP contribution < -0.4 is 10.2 Å². The quantitative estimate of drug-likeness (QED) is 0.417. The van der Waals surface area contributed by atoms with E-state index in [9.17, 15) is 9.18 Å². The summed E-state index contributed by atoms with van der Waals surface area (Å²) in [6.07, 6.45) is -0.724. The average Bonchev–Trinajstić information content (AvgIpc) is 3.35. The number of aliphatic imine (C=N–C) groups is 1. The number of fused-ring (bicyclic) bond motifs is 1. The molecule has 2 aliphatic rings. The first kappa shape index (κ1) is 23.0. The summed E-state index contributed by atoms with van der Waals surface area (Å²) in [4.78, 5) is 24.0. The number of ether oxygens (including phenoxy) is 1. The van der Waals surface area contributed by atoms with Crippen molar-refractivity contribution in [1.82, 2.24) is 15.2 Å². The Bertz CT molecular complexity index is 1470. The fraction of sp³-hybridized carbons (Fsp3) is 0.222. The van der Waals surface area contributed by atoms with Gasteiger partial charge in [0.15, 0.2) is 11.9 Å². The molecule has 186 valence electrons. The normalized spacial score (nSPS) is 17.6. The lowest BCUT2D eigenvalue weighted by atomic mass is 9.96. The fourth-order valence-electron chi connectivity index (χ4n) is 4.52. The molecule has 0 spiro atoms. The summed E-state index contributed by atoms with van der Waals surface area (Å²) in [6.45, 7) is 2.16. The number of hydrogen-bond acceptors (Lipinski definition) is 9. The third-order valence-electron chi connectivity index (χ3n) is 6.31. The molecule has 9 nitrogen and oxygen atoms in total. The van der Waals surface area contributed by atoms with Crippen LogP contribution in [0.5, 0.6) is 0 Å². The zero-order valence-corrected chi connectivity index (χ0v) is 19.8. The Labute approximate surface area is 212 Å². The highest BCUT2D eigenvalue weighted by Crippen LogP contribution is 2.30. The minimum atomic E-state index is -0.930. The van der Waals surface area contributed by atoms with Gasteiger partial charge in [-0.3, -0.25) is 9.79 Å². The van der Waals surface area contributed by atoms with E-state index in [1.54, 1.807) is 6.07 Å². The molecule has 0 radical (unpaired) electrons. The Balaban J connectivity index is 1.32. The van der Waals surface area contributed by atoms with Gasteiger partial charge in [-0.25, -0.2) is 4.98 Å². The number of morpholine rings is 1. The number of halogens is 1. The van der Waals surface area contributed by atoms with Gasteiger partial charge in [0.1, 0.15) is 5.82 Å². The Kier molecular flexibility index (Phi) is 6.15. The van der Waals surface area contributed by atoms with Gasteiger partial charge in [-0.15, -0.1) is 5.10 Å². The number of anilines is 2. The third kappa shape index (κ3) is 4.70. The second-order valence-electron chi connectivity index (χ2n) is 8.71. The zero-order valence-electron chi connectivity index (χ0n) is 19.8. The van der Waals surface area contributed by atoms with Crippen LogP contribution in [-0.2, 0) is 16.0 Å². The average molecular weight is 499 g/mol. The molecule has 1 saturated heterocycles. The highest BCUT2D eigenvalue weighted by Gasteiger charge is 2.28. The Hall–Kier alpha value is -4.44. The van der Waals surface area contributed by atoms with Crippen LogP contribution in [0.2, 0.25) is 0 Å². The maximum Gasteiger partial charge on any atom is 0.317 e. The maximum absolute atomic E-state index is 14.0. The van der Waals surface area contributed by atoms with Gasteiger partial charge in [-0.1, -0.05) is 59.7 Å². The van der Waals surface area contributed by atoms with Crippen LogP contribution in [0.15, 0.2) is 76.1 Å². The molecule has 0 unspecified atom stereocenters. The summed E-state index contributed by atoms with van der Waals surface area (Å²) in [5, 5.41) is 11.2. The van der Waals surface area contributed by atoms with Crippen LogP contribution in [0.4, 0.5) is 16.2 Å². The van der Waals surface area contributed by atoms with Crippen molar-refractivity contribution in [2.45, 2.75) is 12.6 Å². The number of carbonyl (C=O) groups excluding carboxylic acids is 1. The second kappa shape index (κ2) is 9.90. The predicted molar refractivity (Wildman–Crippen MR) is 135 cm³/mol. The van der Waals surface area contributed by atoms with Gasteiger partial charge in [-0.2, -0.15) is 4.39 Å². The summed E-state index contributed by atoms with van der Waals surface area (Å²) in [5.74, 6) is -0.165. The molecule has 10 heteroatoms. The van der Waals surface area contributed by atoms with Crippen LogP contribution in [0.25, 0.3) is 11.5 Å². The molecule has 1 atom stereocenters. The molecular weight excluding hydrogens is 475 g/mol. The van der Waals surface area contributed by atoms with Crippen molar-refractivity contribution in [3.05, 3.63) is 89.4 Å². The van der Waals surface area contributed by atoms with Crippen molar-refractivity contribution >= 4 is 23.3 Å². The molecule has 0 saturated carbocycles. The first-order valence-electron chi connectivity index (χ1n) is 12.0. The van der Waals surface area contributed by atoms with E-state index < -0.39 is 12.1 Å². The van der Waals surface area contributed by atoms with Gasteiger partial charge >= 0.3 is 6.01 Å². The Morgan fingerprint density at radius 1 is 0.919 bits per heavy atom. The van der Waals surface area contributed by atoms with Crippen LogP contribution in [0.3, 0.4) is 0 Å². The molecule has 2 aromatic heterocycles. The third-order valence-corrected chi connectivity index (χ3v) is 6.31. The largest absolute Gasteiger partial charge is 0.403 e. The van der Waals surface area contributed by atoms with Crippen molar-refractivity contribution in [1.29, 1.82) is 0 Å². The first-order chi connectivity index (χ1) is 18.2. The summed E-state index contributed by atoms with van der Waals surface area (Å²) >= 11 is 0.